The van der Waals surface area contributed by atoms with Crippen molar-refractivity contribution in [1.29, 1.82) is 0 Å². The average molecular weight is 478 g/mol. The summed E-state index contributed by atoms with van der Waals surface area (Å²) < 4.78 is 27.3. The van der Waals surface area contributed by atoms with Crippen molar-refractivity contribution in [2.45, 2.75) is 54.5 Å². The van der Waals surface area contributed by atoms with Crippen LogP contribution in [-0.2, 0) is 14.8 Å². The van der Waals surface area contributed by atoms with E-state index in [1.165, 1.54) is 0 Å². The van der Waals surface area contributed by atoms with Crippen molar-refractivity contribution < 1.29 is 13.2 Å². The minimum Gasteiger partial charge on any atom is -0.347 e. The van der Waals surface area contributed by atoms with Gasteiger partial charge in [0.2, 0.25) is 5.91 Å². The third-order valence-electron chi connectivity index (χ3n) is 5.41. The molecule has 1 amide bonds. The van der Waals surface area contributed by atoms with E-state index in [2.05, 4.69) is 15.0 Å². The maximum atomic E-state index is 13.2. The van der Waals surface area contributed by atoms with Crippen molar-refractivity contribution in [3.05, 3.63) is 58.6 Å². The van der Waals surface area contributed by atoms with E-state index in [1.807, 2.05) is 25.1 Å². The number of nitrogens with zero attached hydrogens (tertiary/aromatic N) is 1. The topological polar surface area (TPSA) is 87.6 Å². The Morgan fingerprint density at radius 2 is 2.13 bits per heavy atom. The van der Waals surface area contributed by atoms with E-state index in [9.17, 15) is 13.2 Å². The lowest BCUT2D eigenvalue weighted by molar-refractivity contribution is -0.123. The molecular formula is C22H24ClN3O3S2. The number of halogens is 1. The smallest absolute Gasteiger partial charge is 0.263 e. The van der Waals surface area contributed by atoms with Gasteiger partial charge in [0.1, 0.15) is 11.9 Å². The molecule has 31 heavy (non-hydrogen) atoms. The number of benzene rings is 2. The number of hydrogen-bond acceptors (Lipinski definition) is 5. The first-order chi connectivity index (χ1) is 14.9. The van der Waals surface area contributed by atoms with E-state index >= 15 is 0 Å². The summed E-state index contributed by atoms with van der Waals surface area (Å²) in [6.07, 6.45) is 3.07. The van der Waals surface area contributed by atoms with E-state index in [0.29, 0.717) is 17.0 Å². The predicted molar refractivity (Wildman–Crippen MR) is 124 cm³/mol. The normalized spacial score (nSPS) is 21.1. The number of nitrogens with one attached hydrogen (secondary N) is 2. The molecule has 0 saturated heterocycles. The summed E-state index contributed by atoms with van der Waals surface area (Å²) in [4.78, 5) is 19.1. The molecule has 0 aliphatic carbocycles. The molecule has 2 atom stereocenters. The highest BCUT2D eigenvalue weighted by molar-refractivity contribution is 7.99. The lowest BCUT2D eigenvalue weighted by atomic mass is 10.0. The molecule has 6 nitrogen and oxygen atoms in total. The van der Waals surface area contributed by atoms with Crippen LogP contribution in [0, 0.1) is 0 Å². The lowest BCUT2D eigenvalue weighted by Crippen LogP contribution is -2.38. The Morgan fingerprint density at radius 1 is 1.32 bits per heavy atom. The van der Waals surface area contributed by atoms with E-state index in [-0.39, 0.29) is 22.7 Å². The van der Waals surface area contributed by atoms with Gasteiger partial charge in [0, 0.05) is 21.2 Å². The molecule has 9 heteroatoms. The molecule has 2 aliphatic rings. The van der Waals surface area contributed by atoms with Crippen molar-refractivity contribution in [3.63, 3.8) is 0 Å². The first-order valence-corrected chi connectivity index (χ1v) is 13.2. The third-order valence-corrected chi connectivity index (χ3v) is 8.16. The van der Waals surface area contributed by atoms with Crippen LogP contribution in [0.4, 0.5) is 0 Å². The Kier molecular flexibility index (Phi) is 6.60. The molecule has 2 aliphatic heterocycles. The predicted octanol–water partition coefficient (Wildman–Crippen LogP) is 4.29. The van der Waals surface area contributed by atoms with Crippen LogP contribution in [0.2, 0.25) is 5.02 Å². The molecule has 2 unspecified atom stereocenters. The Hall–Kier alpha value is -2.03. The summed E-state index contributed by atoms with van der Waals surface area (Å²) in [6, 6.07) is 11.6. The van der Waals surface area contributed by atoms with Gasteiger partial charge in [0.25, 0.3) is 10.0 Å². The fraction of sp³-hybridized carbons (Fsp3) is 0.364. The SMILES string of the molecule is CCCCC(N=C1NS(=O)(=O)c2ccccc21)C(=O)NC1CCSc2ccc(Cl)cc21. The Bertz CT molecular complexity index is 1130. The summed E-state index contributed by atoms with van der Waals surface area (Å²) in [5.41, 5.74) is 1.52. The van der Waals surface area contributed by atoms with E-state index in [1.54, 1.807) is 36.0 Å². The van der Waals surface area contributed by atoms with E-state index < -0.39 is 16.1 Å². The summed E-state index contributed by atoms with van der Waals surface area (Å²) in [6.45, 7) is 2.05. The standard InChI is InChI=1S/C22H24ClN3O3S2/c1-2-3-7-18(24-21-15-6-4-5-8-20(15)31(28,29)26-21)22(27)25-17-11-12-30-19-10-9-14(23)13-16(17)19/h4-6,8-10,13,17-18H,2-3,7,11-12H2,1H3,(H,24,26)(H,25,27). The minimum atomic E-state index is -3.65. The number of thioether (sulfide) groups is 1. The van der Waals surface area contributed by atoms with Crippen molar-refractivity contribution in [1.82, 2.24) is 10.0 Å². The molecule has 0 aromatic heterocycles. The number of amides is 1. The van der Waals surface area contributed by atoms with Gasteiger partial charge in [0.05, 0.1) is 10.9 Å². The zero-order valence-electron chi connectivity index (χ0n) is 17.1. The van der Waals surface area contributed by atoms with E-state index in [4.69, 9.17) is 11.6 Å². The molecular weight excluding hydrogens is 454 g/mol. The molecule has 2 aromatic rings. The summed E-state index contributed by atoms with van der Waals surface area (Å²) in [5.74, 6) is 0.933. The van der Waals surface area contributed by atoms with Gasteiger partial charge in [-0.1, -0.05) is 43.5 Å². The van der Waals surface area contributed by atoms with Crippen LogP contribution in [0.1, 0.15) is 49.8 Å². The van der Waals surface area contributed by atoms with Gasteiger partial charge in [-0.2, -0.15) is 0 Å². The fourth-order valence-electron chi connectivity index (χ4n) is 3.82. The highest BCUT2D eigenvalue weighted by atomic mass is 35.5. The lowest BCUT2D eigenvalue weighted by Gasteiger charge is -2.27. The van der Waals surface area contributed by atoms with Crippen molar-refractivity contribution in [2.24, 2.45) is 4.99 Å². The molecule has 2 heterocycles. The minimum absolute atomic E-state index is 0.140. The molecule has 0 bridgehead atoms. The molecule has 2 N–H and O–H groups in total. The number of hydrogen-bond donors (Lipinski definition) is 2. The summed E-state index contributed by atoms with van der Waals surface area (Å²) >= 11 is 7.94. The van der Waals surface area contributed by atoms with E-state index in [0.717, 1.165) is 35.5 Å². The molecule has 4 rings (SSSR count). The first-order valence-electron chi connectivity index (χ1n) is 10.3. The van der Waals surface area contributed by atoms with Crippen LogP contribution in [-0.4, -0.2) is 32.0 Å². The number of carbonyl (C=O) groups is 1. The average Bonchev–Trinajstić information content (AvgIpc) is 3.01. The number of fused-ring (bicyclic) bond motifs is 2. The molecule has 2 aromatic carbocycles. The van der Waals surface area contributed by atoms with Gasteiger partial charge in [-0.3, -0.25) is 14.5 Å². The van der Waals surface area contributed by atoms with Gasteiger partial charge in [-0.25, -0.2) is 8.42 Å². The Labute approximate surface area is 191 Å². The maximum Gasteiger partial charge on any atom is 0.263 e. The molecule has 0 fully saturated rings. The Morgan fingerprint density at radius 3 is 2.94 bits per heavy atom. The number of unbranched alkanes of at least 4 members (excludes halogenated alkanes) is 1. The van der Waals surface area contributed by atoms with Gasteiger partial charge in [-0.05, 0) is 48.7 Å². The Balaban J connectivity index is 1.61. The quantitative estimate of drug-likeness (QED) is 0.649. The second-order valence-corrected chi connectivity index (χ2v) is 10.8. The second-order valence-electron chi connectivity index (χ2n) is 7.62. The number of aliphatic imine (C=N–C) groups is 1. The van der Waals surface area contributed by atoms with Crippen LogP contribution in [0.3, 0.4) is 0 Å². The number of sulfonamides is 1. The van der Waals surface area contributed by atoms with Crippen LogP contribution < -0.4 is 10.0 Å². The number of rotatable bonds is 6. The van der Waals surface area contributed by atoms with Crippen molar-refractivity contribution >= 4 is 45.1 Å². The molecule has 0 spiro atoms. The second kappa shape index (κ2) is 9.22. The maximum absolute atomic E-state index is 13.2. The zero-order valence-corrected chi connectivity index (χ0v) is 19.5. The monoisotopic (exact) mass is 477 g/mol. The molecule has 0 saturated carbocycles. The van der Waals surface area contributed by atoms with Gasteiger partial charge in [-0.15, -0.1) is 11.8 Å². The largest absolute Gasteiger partial charge is 0.347 e. The van der Waals surface area contributed by atoms with Gasteiger partial charge in [0.15, 0.2) is 0 Å². The highest BCUT2D eigenvalue weighted by Crippen LogP contribution is 2.37. The highest BCUT2D eigenvalue weighted by Gasteiger charge is 2.32. The number of carbonyl (C=O) groups excluding carboxylic acids is 1. The van der Waals surface area contributed by atoms with Gasteiger partial charge < -0.3 is 5.32 Å². The zero-order chi connectivity index (χ0) is 22.0. The van der Waals surface area contributed by atoms with Gasteiger partial charge >= 0.3 is 0 Å². The van der Waals surface area contributed by atoms with Crippen LogP contribution >= 0.6 is 23.4 Å². The third kappa shape index (κ3) is 4.76. The summed E-state index contributed by atoms with van der Waals surface area (Å²) in [5, 5.41) is 3.77. The fourth-order valence-corrected chi connectivity index (χ4v) is 6.35. The van der Waals surface area contributed by atoms with Crippen LogP contribution in [0.5, 0.6) is 0 Å². The van der Waals surface area contributed by atoms with Crippen LogP contribution in [0.25, 0.3) is 0 Å². The van der Waals surface area contributed by atoms with Crippen molar-refractivity contribution in [2.75, 3.05) is 5.75 Å². The molecule has 0 radical (unpaired) electrons. The number of amidine groups is 1. The van der Waals surface area contributed by atoms with Crippen LogP contribution in [0.15, 0.2) is 57.2 Å². The first kappa shape index (κ1) is 22.2. The van der Waals surface area contributed by atoms with Crippen molar-refractivity contribution in [3.8, 4) is 0 Å². The molecule has 164 valence electrons. The summed E-state index contributed by atoms with van der Waals surface area (Å²) in [7, 11) is -3.65.